The van der Waals surface area contributed by atoms with Crippen molar-refractivity contribution in [2.75, 3.05) is 0 Å². The summed E-state index contributed by atoms with van der Waals surface area (Å²) in [6.07, 6.45) is 1.08. The molecular formula is C20H18Na2O4. The van der Waals surface area contributed by atoms with Crippen molar-refractivity contribution < 1.29 is 78.9 Å². The minimum absolute atomic E-state index is 0. The second-order valence-corrected chi connectivity index (χ2v) is 5.50. The van der Waals surface area contributed by atoms with Crippen LogP contribution in [-0.2, 0) is 22.4 Å². The molecule has 0 fully saturated rings. The fourth-order valence-electron chi connectivity index (χ4n) is 2.58. The quantitative estimate of drug-likeness (QED) is 0.346. The number of carboxylic acid groups (broad SMARTS) is 2. The average molecular weight is 368 g/mol. The van der Waals surface area contributed by atoms with Gasteiger partial charge in [-0.3, -0.25) is 0 Å². The number of carbonyl (C=O) groups excluding carboxylic acids is 2. The van der Waals surface area contributed by atoms with E-state index in [1.54, 1.807) is 0 Å². The van der Waals surface area contributed by atoms with Gasteiger partial charge in [0.2, 0.25) is 0 Å². The first-order valence-corrected chi connectivity index (χ1v) is 7.80. The Hall–Kier alpha value is -0.880. The molecule has 0 spiro atoms. The third-order valence-electron chi connectivity index (χ3n) is 3.87. The molecule has 0 N–H and O–H groups in total. The van der Waals surface area contributed by atoms with Gasteiger partial charge in [-0.2, -0.15) is 0 Å². The number of carboxylic acids is 2. The maximum atomic E-state index is 11.4. The molecule has 0 heterocycles. The van der Waals surface area contributed by atoms with Crippen LogP contribution in [0.1, 0.15) is 24.0 Å². The summed E-state index contributed by atoms with van der Waals surface area (Å²) in [4.78, 5) is 22.8. The molecule has 0 radical (unpaired) electrons. The molecule has 0 unspecified atom stereocenters. The smallest absolute Gasteiger partial charge is 0.545 e. The Bertz CT molecular complexity index is 664. The Morgan fingerprint density at radius 1 is 0.615 bits per heavy atom. The zero-order chi connectivity index (χ0) is 17.4. The predicted molar refractivity (Wildman–Crippen MR) is 86.6 cm³/mol. The number of hydrogen-bond donors (Lipinski definition) is 0. The molecule has 0 aliphatic rings. The number of aryl methyl sites for hydroxylation is 2. The van der Waals surface area contributed by atoms with E-state index >= 15 is 0 Å². The van der Waals surface area contributed by atoms with Crippen LogP contribution in [0.25, 0.3) is 0 Å². The van der Waals surface area contributed by atoms with Crippen molar-refractivity contribution in [3.8, 4) is 0 Å². The third-order valence-corrected chi connectivity index (χ3v) is 3.87. The maximum absolute atomic E-state index is 11.4. The van der Waals surface area contributed by atoms with Crippen molar-refractivity contribution in [1.82, 2.24) is 0 Å². The summed E-state index contributed by atoms with van der Waals surface area (Å²) < 4.78 is 0. The van der Waals surface area contributed by atoms with Gasteiger partial charge < -0.3 is 19.8 Å². The zero-order valence-electron chi connectivity index (χ0n) is 15.2. The second kappa shape index (κ2) is 13.3. The first-order valence-electron chi connectivity index (χ1n) is 7.80. The number of carbonyl (C=O) groups is 2. The van der Waals surface area contributed by atoms with Gasteiger partial charge in [0.05, 0.1) is 11.9 Å². The summed E-state index contributed by atoms with van der Waals surface area (Å²) in [7, 11) is 0. The molecular weight excluding hydrogens is 350 g/mol. The monoisotopic (exact) mass is 368 g/mol. The van der Waals surface area contributed by atoms with Crippen molar-refractivity contribution in [3.63, 3.8) is 0 Å². The number of aliphatic carboxylic acids is 2. The molecule has 0 saturated heterocycles. The number of hydrogen-bond acceptors (Lipinski definition) is 4. The Morgan fingerprint density at radius 3 is 1.19 bits per heavy atom. The van der Waals surface area contributed by atoms with Crippen LogP contribution in [0.5, 0.6) is 0 Å². The van der Waals surface area contributed by atoms with E-state index in [0.717, 1.165) is 11.1 Å². The van der Waals surface area contributed by atoms with Crippen molar-refractivity contribution >= 4 is 11.9 Å². The van der Waals surface area contributed by atoms with Crippen molar-refractivity contribution in [2.24, 2.45) is 0 Å². The minimum atomic E-state index is -1.45. The zero-order valence-corrected chi connectivity index (χ0v) is 19.2. The topological polar surface area (TPSA) is 80.3 Å². The normalized spacial score (nSPS) is 10.8. The van der Waals surface area contributed by atoms with Crippen LogP contribution in [0.3, 0.4) is 0 Å². The molecule has 0 bridgehead atoms. The van der Waals surface area contributed by atoms with Crippen molar-refractivity contribution in [3.05, 3.63) is 82.9 Å². The molecule has 0 aliphatic carbocycles. The molecule has 0 aliphatic heterocycles. The molecule has 0 atom stereocenters. The largest absolute Gasteiger partial charge is 1.00 e. The molecule has 124 valence electrons. The number of rotatable bonds is 8. The van der Waals surface area contributed by atoms with E-state index in [9.17, 15) is 19.8 Å². The van der Waals surface area contributed by atoms with Gasteiger partial charge in [0.25, 0.3) is 0 Å². The summed E-state index contributed by atoms with van der Waals surface area (Å²) in [6.45, 7) is 0. The first kappa shape index (κ1) is 25.1. The molecule has 0 saturated carbocycles. The average Bonchev–Trinajstić information content (AvgIpc) is 2.59. The fraction of sp³-hybridized carbons (Fsp3) is 0.200. The van der Waals surface area contributed by atoms with Crippen LogP contribution in [-0.4, -0.2) is 11.9 Å². The van der Waals surface area contributed by atoms with Gasteiger partial charge in [0.15, 0.2) is 0 Å². The van der Waals surface area contributed by atoms with Crippen molar-refractivity contribution in [2.45, 2.75) is 25.7 Å². The minimum Gasteiger partial charge on any atom is -0.545 e. The summed E-state index contributed by atoms with van der Waals surface area (Å²) >= 11 is 0. The van der Waals surface area contributed by atoms with Crippen LogP contribution in [0, 0.1) is 0 Å². The van der Waals surface area contributed by atoms with E-state index in [1.807, 2.05) is 60.7 Å². The van der Waals surface area contributed by atoms with Gasteiger partial charge in [-0.05, 0) is 48.0 Å². The molecule has 0 aromatic heterocycles. The maximum Gasteiger partial charge on any atom is 1.00 e. The Labute approximate surface area is 197 Å². The van der Waals surface area contributed by atoms with Crippen LogP contribution >= 0.6 is 0 Å². The fourth-order valence-corrected chi connectivity index (χ4v) is 2.58. The van der Waals surface area contributed by atoms with E-state index in [0.29, 0.717) is 12.8 Å². The molecule has 2 rings (SSSR count). The Morgan fingerprint density at radius 2 is 0.923 bits per heavy atom. The van der Waals surface area contributed by atoms with E-state index in [2.05, 4.69) is 0 Å². The molecule has 0 amide bonds. The van der Waals surface area contributed by atoms with Crippen LogP contribution in [0.15, 0.2) is 71.8 Å². The van der Waals surface area contributed by atoms with E-state index in [4.69, 9.17) is 0 Å². The number of benzene rings is 2. The van der Waals surface area contributed by atoms with Crippen LogP contribution < -0.4 is 69.3 Å². The molecule has 2 aromatic carbocycles. The third kappa shape index (κ3) is 8.21. The molecule has 26 heavy (non-hydrogen) atoms. The van der Waals surface area contributed by atoms with Gasteiger partial charge in [-0.15, -0.1) is 0 Å². The van der Waals surface area contributed by atoms with Gasteiger partial charge in [0.1, 0.15) is 0 Å². The molecule has 4 nitrogen and oxygen atoms in total. The summed E-state index contributed by atoms with van der Waals surface area (Å²) in [6, 6.07) is 18.6. The summed E-state index contributed by atoms with van der Waals surface area (Å²) in [5.74, 6) is -2.89. The predicted octanol–water partition coefficient (Wildman–Crippen LogP) is -4.94. The second-order valence-electron chi connectivity index (χ2n) is 5.50. The van der Waals surface area contributed by atoms with Crippen LogP contribution in [0.4, 0.5) is 0 Å². The summed E-state index contributed by atoms with van der Waals surface area (Å²) in [5.41, 5.74) is 1.51. The van der Waals surface area contributed by atoms with E-state index < -0.39 is 11.9 Å². The van der Waals surface area contributed by atoms with Gasteiger partial charge in [-0.25, -0.2) is 0 Å². The molecule has 6 heteroatoms. The van der Waals surface area contributed by atoms with Crippen molar-refractivity contribution in [1.29, 1.82) is 0 Å². The molecule has 2 aromatic rings. The van der Waals surface area contributed by atoms with Gasteiger partial charge >= 0.3 is 59.1 Å². The first-order chi connectivity index (χ1) is 11.6. The van der Waals surface area contributed by atoms with E-state index in [-0.39, 0.29) is 83.1 Å². The van der Waals surface area contributed by atoms with Crippen LogP contribution in [0.2, 0.25) is 0 Å². The SMILES string of the molecule is O=C([O-])C(CCc1ccccc1)=C(CCc1ccccc1)C(=O)[O-].[Na+].[Na+]. The van der Waals surface area contributed by atoms with Gasteiger partial charge in [-0.1, -0.05) is 60.7 Å². The Balaban J connectivity index is 0.00000312. The van der Waals surface area contributed by atoms with E-state index in [1.165, 1.54) is 0 Å². The standard InChI is InChI=1S/C20H20O4.2Na/c21-19(22)17(13-11-15-7-3-1-4-8-15)18(20(23)24)14-12-16-9-5-2-6-10-16;;/h1-10H,11-14H2,(H,21,22)(H,23,24);;/q;2*+1/p-2. The Kier molecular flexibility index (Phi) is 12.9. The summed E-state index contributed by atoms with van der Waals surface area (Å²) in [5, 5.41) is 22.8. The van der Waals surface area contributed by atoms with Gasteiger partial charge in [0, 0.05) is 0 Å².